The van der Waals surface area contributed by atoms with Gasteiger partial charge in [0.25, 0.3) is 0 Å². The minimum absolute atomic E-state index is 0.0615. The highest BCUT2D eigenvalue weighted by Gasteiger charge is 2.39. The molecule has 0 aromatic heterocycles. The fraction of sp³-hybridized carbons (Fsp3) is 0.333. The van der Waals surface area contributed by atoms with Crippen LogP contribution in [0.1, 0.15) is 20.3 Å². The van der Waals surface area contributed by atoms with E-state index in [-0.39, 0.29) is 12.1 Å². The van der Waals surface area contributed by atoms with Crippen molar-refractivity contribution in [3.05, 3.63) is 29.8 Å². The maximum absolute atomic E-state index is 12.9. The van der Waals surface area contributed by atoms with Gasteiger partial charge >= 0.3 is 5.97 Å². The van der Waals surface area contributed by atoms with Gasteiger partial charge in [-0.3, -0.25) is 9.59 Å². The van der Waals surface area contributed by atoms with Crippen molar-refractivity contribution >= 4 is 17.6 Å². The van der Waals surface area contributed by atoms with Crippen LogP contribution in [0.2, 0.25) is 0 Å². The average Bonchev–Trinajstić information content (AvgIpc) is 2.25. The molecule has 1 atom stereocenters. The zero-order valence-electron chi connectivity index (χ0n) is 9.96. The molecule has 1 aromatic carbocycles. The fourth-order valence-corrected chi connectivity index (χ4v) is 1.30. The second-order valence-corrected chi connectivity index (χ2v) is 4.10. The van der Waals surface area contributed by atoms with E-state index < -0.39 is 28.9 Å². The summed E-state index contributed by atoms with van der Waals surface area (Å²) in [6, 6.07) is 2.49. The first-order valence-corrected chi connectivity index (χ1v) is 5.30. The highest BCUT2D eigenvalue weighted by atomic mass is 19.1. The lowest BCUT2D eigenvalue weighted by Crippen LogP contribution is -2.40. The minimum atomic E-state index is -1.64. The largest absolute Gasteiger partial charge is 0.480 e. The smallest absolute Gasteiger partial charge is 0.318 e. The van der Waals surface area contributed by atoms with Gasteiger partial charge in [-0.25, -0.2) is 8.78 Å². The Bertz CT molecular complexity index is 470. The lowest BCUT2D eigenvalue weighted by molar-refractivity contribution is -0.152. The number of amides is 1. The van der Waals surface area contributed by atoms with Crippen LogP contribution in [-0.2, 0) is 9.59 Å². The van der Waals surface area contributed by atoms with Crippen LogP contribution in [0.4, 0.5) is 14.5 Å². The summed E-state index contributed by atoms with van der Waals surface area (Å²) >= 11 is 0. The predicted molar refractivity (Wildman–Crippen MR) is 61.0 cm³/mol. The number of hydrogen-bond acceptors (Lipinski definition) is 2. The average molecular weight is 257 g/mol. The van der Waals surface area contributed by atoms with Gasteiger partial charge < -0.3 is 10.4 Å². The van der Waals surface area contributed by atoms with Crippen molar-refractivity contribution in [2.75, 3.05) is 5.32 Å². The van der Waals surface area contributed by atoms with Gasteiger partial charge in [-0.05, 0) is 25.5 Å². The lowest BCUT2D eigenvalue weighted by Gasteiger charge is -2.21. The normalized spacial score (nSPS) is 13.8. The summed E-state index contributed by atoms with van der Waals surface area (Å²) in [6.45, 7) is 2.79. The highest BCUT2D eigenvalue weighted by Crippen LogP contribution is 2.24. The van der Waals surface area contributed by atoms with Crippen molar-refractivity contribution in [2.45, 2.75) is 20.3 Å². The molecule has 0 heterocycles. The third-order valence-electron chi connectivity index (χ3n) is 2.80. The van der Waals surface area contributed by atoms with Gasteiger partial charge in [-0.1, -0.05) is 6.92 Å². The van der Waals surface area contributed by atoms with Gasteiger partial charge in [-0.15, -0.1) is 0 Å². The molecule has 0 radical (unpaired) electrons. The molecule has 1 amide bonds. The van der Waals surface area contributed by atoms with Crippen molar-refractivity contribution < 1.29 is 23.5 Å². The summed E-state index contributed by atoms with van der Waals surface area (Å²) in [4.78, 5) is 22.8. The molecular weight excluding hydrogens is 244 g/mol. The van der Waals surface area contributed by atoms with E-state index >= 15 is 0 Å². The van der Waals surface area contributed by atoms with Crippen LogP contribution in [0.5, 0.6) is 0 Å². The molecule has 1 aromatic rings. The number of halogens is 2. The lowest BCUT2D eigenvalue weighted by atomic mass is 9.86. The summed E-state index contributed by atoms with van der Waals surface area (Å²) in [6.07, 6.45) is 0.0615. The molecule has 0 aliphatic rings. The molecule has 1 rings (SSSR count). The van der Waals surface area contributed by atoms with Crippen LogP contribution < -0.4 is 5.32 Å². The summed E-state index contributed by atoms with van der Waals surface area (Å²) in [5, 5.41) is 11.2. The quantitative estimate of drug-likeness (QED) is 0.814. The molecule has 4 nitrogen and oxygen atoms in total. The second-order valence-electron chi connectivity index (χ2n) is 4.10. The van der Waals surface area contributed by atoms with E-state index in [2.05, 4.69) is 5.32 Å². The van der Waals surface area contributed by atoms with Crippen molar-refractivity contribution in [1.29, 1.82) is 0 Å². The Kier molecular flexibility index (Phi) is 4.00. The number of rotatable bonds is 4. The number of anilines is 1. The van der Waals surface area contributed by atoms with Crippen molar-refractivity contribution in [3.8, 4) is 0 Å². The molecule has 0 saturated carbocycles. The first-order valence-electron chi connectivity index (χ1n) is 5.30. The summed E-state index contributed by atoms with van der Waals surface area (Å²) < 4.78 is 25.8. The molecule has 98 valence electrons. The van der Waals surface area contributed by atoms with E-state index in [1.165, 1.54) is 6.92 Å². The van der Waals surface area contributed by atoms with Crippen molar-refractivity contribution in [3.63, 3.8) is 0 Å². The van der Waals surface area contributed by atoms with Gasteiger partial charge in [0, 0.05) is 11.8 Å². The van der Waals surface area contributed by atoms with E-state index in [9.17, 15) is 18.4 Å². The van der Waals surface area contributed by atoms with Crippen LogP contribution in [-0.4, -0.2) is 17.0 Å². The maximum atomic E-state index is 12.9. The number of hydrogen-bond donors (Lipinski definition) is 2. The molecule has 2 N–H and O–H groups in total. The van der Waals surface area contributed by atoms with Gasteiger partial charge in [0.05, 0.1) is 0 Å². The fourth-order valence-electron chi connectivity index (χ4n) is 1.30. The Labute approximate surface area is 103 Å². The van der Waals surface area contributed by atoms with E-state index in [0.29, 0.717) is 6.07 Å². The Morgan fingerprint density at radius 3 is 2.17 bits per heavy atom. The predicted octanol–water partition coefficient (Wildman–Crippen LogP) is 2.40. The summed E-state index contributed by atoms with van der Waals surface area (Å²) in [7, 11) is 0. The molecule has 6 heteroatoms. The zero-order chi connectivity index (χ0) is 13.9. The van der Waals surface area contributed by atoms with Crippen LogP contribution in [0.15, 0.2) is 18.2 Å². The Morgan fingerprint density at radius 1 is 1.28 bits per heavy atom. The third-order valence-corrected chi connectivity index (χ3v) is 2.80. The SMILES string of the molecule is CCC(C)(C(=O)O)C(=O)Nc1cc(F)cc(F)c1. The van der Waals surface area contributed by atoms with Gasteiger partial charge in [0.15, 0.2) is 0 Å². The number of carboxylic acid groups (broad SMARTS) is 1. The summed E-state index contributed by atoms with van der Waals surface area (Å²) in [5.74, 6) is -3.81. The molecule has 0 fully saturated rings. The molecule has 18 heavy (non-hydrogen) atoms. The Morgan fingerprint density at radius 2 is 1.78 bits per heavy atom. The maximum Gasteiger partial charge on any atom is 0.318 e. The summed E-state index contributed by atoms with van der Waals surface area (Å²) in [5.41, 5.74) is -1.75. The first-order chi connectivity index (χ1) is 8.29. The van der Waals surface area contributed by atoms with Crippen LogP contribution in [0.25, 0.3) is 0 Å². The topological polar surface area (TPSA) is 66.4 Å². The molecule has 0 aliphatic heterocycles. The number of benzene rings is 1. The van der Waals surface area contributed by atoms with Crippen molar-refractivity contribution in [1.82, 2.24) is 0 Å². The number of nitrogens with one attached hydrogen (secondary N) is 1. The molecule has 0 spiro atoms. The van der Waals surface area contributed by atoms with E-state index in [1.54, 1.807) is 6.92 Å². The van der Waals surface area contributed by atoms with Crippen LogP contribution >= 0.6 is 0 Å². The highest BCUT2D eigenvalue weighted by molar-refractivity contribution is 6.07. The standard InChI is InChI=1S/C12H13F2NO3/c1-3-12(2,11(17)18)10(16)15-9-5-7(13)4-8(14)6-9/h4-6H,3H2,1-2H3,(H,15,16)(H,17,18). The van der Waals surface area contributed by atoms with Gasteiger partial charge in [-0.2, -0.15) is 0 Å². The van der Waals surface area contributed by atoms with E-state index in [4.69, 9.17) is 5.11 Å². The third kappa shape index (κ3) is 2.82. The second kappa shape index (κ2) is 5.12. The number of aliphatic carboxylic acids is 1. The van der Waals surface area contributed by atoms with Crippen LogP contribution in [0.3, 0.4) is 0 Å². The first kappa shape index (κ1) is 14.1. The minimum Gasteiger partial charge on any atom is -0.480 e. The number of carbonyl (C=O) groups is 2. The van der Waals surface area contributed by atoms with Crippen molar-refractivity contribution in [2.24, 2.45) is 5.41 Å². The Hall–Kier alpha value is -1.98. The van der Waals surface area contributed by atoms with Gasteiger partial charge in [0.2, 0.25) is 5.91 Å². The van der Waals surface area contributed by atoms with Crippen LogP contribution in [0, 0.1) is 17.0 Å². The molecule has 0 aliphatic carbocycles. The Balaban J connectivity index is 2.97. The van der Waals surface area contributed by atoms with E-state index in [1.807, 2.05) is 0 Å². The number of carbonyl (C=O) groups excluding carboxylic acids is 1. The molecule has 1 unspecified atom stereocenters. The van der Waals surface area contributed by atoms with Gasteiger partial charge in [0.1, 0.15) is 17.0 Å². The molecule has 0 saturated heterocycles. The molecule has 0 bridgehead atoms. The number of carboxylic acids is 1. The zero-order valence-corrected chi connectivity index (χ0v) is 9.96. The van der Waals surface area contributed by atoms with E-state index in [0.717, 1.165) is 12.1 Å². The molecular formula is C12H13F2NO3. The monoisotopic (exact) mass is 257 g/mol.